The van der Waals surface area contributed by atoms with Crippen LogP contribution in [0.5, 0.6) is 0 Å². The highest BCUT2D eigenvalue weighted by Gasteiger charge is 2.35. The van der Waals surface area contributed by atoms with Gasteiger partial charge in [0, 0.05) is 19.0 Å². The summed E-state index contributed by atoms with van der Waals surface area (Å²) in [5, 5.41) is 9.46. The topological polar surface area (TPSA) is 23.5 Å². The van der Waals surface area contributed by atoms with Gasteiger partial charge in [0.1, 0.15) is 0 Å². The molecule has 0 aromatic rings. The minimum atomic E-state index is -0.360. The van der Waals surface area contributed by atoms with Crippen LogP contribution in [0.3, 0.4) is 0 Å². The molecule has 0 aromatic heterocycles. The Morgan fingerprint density at radius 2 is 2.07 bits per heavy atom. The van der Waals surface area contributed by atoms with Gasteiger partial charge >= 0.3 is 0 Å². The molecule has 1 rings (SSSR count). The predicted molar refractivity (Wildman–Crippen MR) is 60.8 cm³/mol. The third kappa shape index (κ3) is 2.85. The first-order valence-electron chi connectivity index (χ1n) is 5.62. The summed E-state index contributed by atoms with van der Waals surface area (Å²) in [6.07, 6.45) is 3.41. The zero-order valence-electron chi connectivity index (χ0n) is 9.30. The summed E-state index contributed by atoms with van der Waals surface area (Å²) >= 11 is 5.59. The van der Waals surface area contributed by atoms with Crippen molar-refractivity contribution in [3.63, 3.8) is 0 Å². The Hall–Kier alpha value is 0.210. The van der Waals surface area contributed by atoms with Gasteiger partial charge in [-0.2, -0.15) is 0 Å². The minimum absolute atomic E-state index is 0.349. The van der Waals surface area contributed by atoms with Crippen LogP contribution in [0.4, 0.5) is 0 Å². The molecule has 1 N–H and O–H groups in total. The molecule has 0 amide bonds. The summed E-state index contributed by atoms with van der Waals surface area (Å²) in [5.41, 5.74) is 0.506. The van der Waals surface area contributed by atoms with E-state index in [4.69, 9.17) is 11.6 Å². The Morgan fingerprint density at radius 1 is 1.43 bits per heavy atom. The average molecular weight is 220 g/mol. The summed E-state index contributed by atoms with van der Waals surface area (Å²) in [4.78, 5) is 2.35. The van der Waals surface area contributed by atoms with E-state index in [1.807, 2.05) is 0 Å². The van der Waals surface area contributed by atoms with Crippen molar-refractivity contribution in [3.05, 3.63) is 0 Å². The Labute approximate surface area is 92.2 Å². The van der Waals surface area contributed by atoms with Crippen LogP contribution in [0, 0.1) is 5.41 Å². The highest BCUT2D eigenvalue weighted by Crippen LogP contribution is 2.36. The first-order valence-corrected chi connectivity index (χ1v) is 6.15. The van der Waals surface area contributed by atoms with Gasteiger partial charge in [0.15, 0.2) is 0 Å². The van der Waals surface area contributed by atoms with Crippen LogP contribution in [0.25, 0.3) is 0 Å². The lowest BCUT2D eigenvalue weighted by molar-refractivity contribution is 0.132. The third-order valence-electron chi connectivity index (χ3n) is 3.66. The van der Waals surface area contributed by atoms with E-state index in [2.05, 4.69) is 18.7 Å². The van der Waals surface area contributed by atoms with E-state index in [0.29, 0.717) is 11.3 Å². The van der Waals surface area contributed by atoms with Gasteiger partial charge in [0.2, 0.25) is 0 Å². The normalized spacial score (nSPS) is 24.0. The molecule has 0 saturated carbocycles. The molecular formula is C11H22ClNO. The number of aliphatic hydroxyl groups excluding tert-OH is 1. The van der Waals surface area contributed by atoms with E-state index >= 15 is 0 Å². The molecule has 0 spiro atoms. The van der Waals surface area contributed by atoms with Crippen LogP contribution < -0.4 is 0 Å². The average Bonchev–Trinajstić information content (AvgIpc) is 2.62. The maximum absolute atomic E-state index is 9.46. The molecular weight excluding hydrogens is 198 g/mol. The van der Waals surface area contributed by atoms with Gasteiger partial charge in [0.05, 0.1) is 6.10 Å². The molecule has 0 aliphatic carbocycles. The van der Waals surface area contributed by atoms with Crippen molar-refractivity contribution in [3.8, 4) is 0 Å². The van der Waals surface area contributed by atoms with Crippen molar-refractivity contribution in [1.82, 2.24) is 4.90 Å². The fraction of sp³-hybridized carbons (Fsp3) is 1.00. The molecule has 1 saturated heterocycles. The Kier molecular flexibility index (Phi) is 4.68. The van der Waals surface area contributed by atoms with E-state index in [-0.39, 0.29) is 6.10 Å². The number of rotatable bonds is 5. The fourth-order valence-corrected chi connectivity index (χ4v) is 2.46. The van der Waals surface area contributed by atoms with Gasteiger partial charge in [0.25, 0.3) is 0 Å². The molecule has 2 nitrogen and oxygen atoms in total. The standard InChI is InChI=1S/C11H22ClNO/c1-3-11(4-2)5-6-13(9-11)8-10(14)7-12/h10,14H,3-9H2,1-2H3. The second-order valence-corrected chi connectivity index (χ2v) is 4.81. The van der Waals surface area contributed by atoms with Crippen LogP contribution in [-0.4, -0.2) is 41.6 Å². The number of nitrogens with zero attached hydrogens (tertiary/aromatic N) is 1. The van der Waals surface area contributed by atoms with Gasteiger partial charge < -0.3 is 10.0 Å². The van der Waals surface area contributed by atoms with E-state index in [1.54, 1.807) is 0 Å². The van der Waals surface area contributed by atoms with Gasteiger partial charge in [-0.3, -0.25) is 0 Å². The number of hydrogen-bond donors (Lipinski definition) is 1. The molecule has 0 bridgehead atoms. The predicted octanol–water partition coefficient (Wildman–Crippen LogP) is 2.10. The van der Waals surface area contributed by atoms with Gasteiger partial charge in [-0.15, -0.1) is 11.6 Å². The van der Waals surface area contributed by atoms with Crippen molar-refractivity contribution in [2.24, 2.45) is 5.41 Å². The maximum atomic E-state index is 9.46. The quantitative estimate of drug-likeness (QED) is 0.716. The lowest BCUT2D eigenvalue weighted by Gasteiger charge is -2.27. The lowest BCUT2D eigenvalue weighted by Crippen LogP contribution is -2.33. The summed E-state index contributed by atoms with van der Waals surface area (Å²) in [5.74, 6) is 0.349. The molecule has 1 aliphatic rings. The molecule has 1 heterocycles. The Balaban J connectivity index is 2.40. The van der Waals surface area contributed by atoms with Crippen LogP contribution >= 0.6 is 11.6 Å². The number of aliphatic hydroxyl groups is 1. The van der Waals surface area contributed by atoms with E-state index in [0.717, 1.165) is 19.6 Å². The number of hydrogen-bond acceptors (Lipinski definition) is 2. The van der Waals surface area contributed by atoms with Gasteiger partial charge in [-0.25, -0.2) is 0 Å². The summed E-state index contributed by atoms with van der Waals surface area (Å²) in [6, 6.07) is 0. The smallest absolute Gasteiger partial charge is 0.0802 e. The number of alkyl halides is 1. The minimum Gasteiger partial charge on any atom is -0.391 e. The highest BCUT2D eigenvalue weighted by molar-refractivity contribution is 6.18. The summed E-state index contributed by atoms with van der Waals surface area (Å²) in [6.45, 7) is 7.53. The summed E-state index contributed by atoms with van der Waals surface area (Å²) in [7, 11) is 0. The Bertz CT molecular complexity index is 171. The molecule has 3 heteroatoms. The van der Waals surface area contributed by atoms with Crippen LogP contribution in [0.1, 0.15) is 33.1 Å². The van der Waals surface area contributed by atoms with Crippen molar-refractivity contribution in [2.75, 3.05) is 25.5 Å². The van der Waals surface area contributed by atoms with Crippen LogP contribution in [0.15, 0.2) is 0 Å². The van der Waals surface area contributed by atoms with Gasteiger partial charge in [-0.1, -0.05) is 13.8 Å². The number of halogens is 1. The van der Waals surface area contributed by atoms with Crippen LogP contribution in [0.2, 0.25) is 0 Å². The van der Waals surface area contributed by atoms with E-state index in [9.17, 15) is 5.11 Å². The second kappa shape index (κ2) is 5.34. The molecule has 0 aromatic carbocycles. The fourth-order valence-electron chi connectivity index (χ4n) is 2.36. The molecule has 0 radical (unpaired) electrons. The monoisotopic (exact) mass is 219 g/mol. The first kappa shape index (κ1) is 12.3. The number of β-amino-alcohol motifs (C(OH)–C–C–N with tert-alkyl or cyclic N) is 1. The molecule has 14 heavy (non-hydrogen) atoms. The van der Waals surface area contributed by atoms with Crippen molar-refractivity contribution in [1.29, 1.82) is 0 Å². The SMILES string of the molecule is CCC1(CC)CCN(CC(O)CCl)C1. The van der Waals surface area contributed by atoms with E-state index < -0.39 is 0 Å². The number of likely N-dealkylation sites (tertiary alicyclic amines) is 1. The molecule has 84 valence electrons. The zero-order chi connectivity index (χ0) is 10.6. The maximum Gasteiger partial charge on any atom is 0.0802 e. The third-order valence-corrected chi connectivity index (χ3v) is 4.02. The largest absolute Gasteiger partial charge is 0.391 e. The van der Waals surface area contributed by atoms with Crippen molar-refractivity contribution >= 4 is 11.6 Å². The first-order chi connectivity index (χ1) is 6.65. The lowest BCUT2D eigenvalue weighted by atomic mass is 9.82. The van der Waals surface area contributed by atoms with Crippen LogP contribution in [-0.2, 0) is 0 Å². The highest BCUT2D eigenvalue weighted by atomic mass is 35.5. The Morgan fingerprint density at radius 3 is 2.50 bits per heavy atom. The molecule has 1 aliphatic heterocycles. The van der Waals surface area contributed by atoms with Gasteiger partial charge in [-0.05, 0) is 31.2 Å². The summed E-state index contributed by atoms with van der Waals surface area (Å²) < 4.78 is 0. The molecule has 1 fully saturated rings. The molecule has 1 atom stereocenters. The van der Waals surface area contributed by atoms with Crippen molar-refractivity contribution in [2.45, 2.75) is 39.2 Å². The molecule has 1 unspecified atom stereocenters. The van der Waals surface area contributed by atoms with E-state index in [1.165, 1.54) is 19.3 Å². The second-order valence-electron chi connectivity index (χ2n) is 4.50. The van der Waals surface area contributed by atoms with Crippen molar-refractivity contribution < 1.29 is 5.11 Å². The zero-order valence-corrected chi connectivity index (χ0v) is 10.1.